The molecule has 0 aliphatic carbocycles. The first-order valence-electron chi connectivity index (χ1n) is 10.5. The maximum absolute atomic E-state index is 12.6. The molecule has 6 heteroatoms. The van der Waals surface area contributed by atoms with E-state index < -0.39 is 0 Å². The van der Waals surface area contributed by atoms with Gasteiger partial charge in [-0.25, -0.2) is 0 Å². The fraction of sp³-hybridized carbons (Fsp3) is 0.636. The standard InChI is InChI=1S/C22H32N2O4/c1-3-9-27-20-7-5-16(11-21(20)28-10-4-2)19(25)6-8-22(26)24-14-17-12-23-13-18(17)15-24/h5,7,11,17-18,23H,3-4,6,8-10,12-15H2,1-2H3/t17-,18+. The minimum Gasteiger partial charge on any atom is -0.490 e. The molecule has 2 aliphatic heterocycles. The first kappa shape index (κ1) is 20.6. The largest absolute Gasteiger partial charge is 0.490 e. The van der Waals surface area contributed by atoms with E-state index in [4.69, 9.17) is 9.47 Å². The van der Waals surface area contributed by atoms with E-state index in [1.807, 2.05) is 18.7 Å². The van der Waals surface area contributed by atoms with E-state index in [2.05, 4.69) is 5.32 Å². The Kier molecular flexibility index (Phi) is 7.31. The zero-order chi connectivity index (χ0) is 19.9. The molecule has 1 N–H and O–H groups in total. The first-order chi connectivity index (χ1) is 13.6. The molecule has 0 unspecified atom stereocenters. The Morgan fingerprint density at radius 1 is 1.00 bits per heavy atom. The van der Waals surface area contributed by atoms with E-state index in [-0.39, 0.29) is 24.5 Å². The number of benzene rings is 1. The van der Waals surface area contributed by atoms with Crippen molar-refractivity contribution < 1.29 is 19.1 Å². The van der Waals surface area contributed by atoms with Crippen LogP contribution >= 0.6 is 0 Å². The van der Waals surface area contributed by atoms with Crippen molar-refractivity contribution in [3.05, 3.63) is 23.8 Å². The molecule has 2 atom stereocenters. The summed E-state index contributed by atoms with van der Waals surface area (Å²) in [4.78, 5) is 27.1. The Morgan fingerprint density at radius 3 is 2.29 bits per heavy atom. The number of ketones is 1. The maximum atomic E-state index is 12.6. The lowest BCUT2D eigenvalue weighted by atomic mass is 10.0. The van der Waals surface area contributed by atoms with Gasteiger partial charge in [-0.2, -0.15) is 0 Å². The number of fused-ring (bicyclic) bond motifs is 1. The van der Waals surface area contributed by atoms with Crippen molar-refractivity contribution in [2.75, 3.05) is 39.4 Å². The molecule has 6 nitrogen and oxygen atoms in total. The van der Waals surface area contributed by atoms with Crippen LogP contribution in [0.15, 0.2) is 18.2 Å². The van der Waals surface area contributed by atoms with Crippen molar-refractivity contribution >= 4 is 11.7 Å². The summed E-state index contributed by atoms with van der Waals surface area (Å²) in [6.07, 6.45) is 2.29. The molecule has 3 rings (SSSR count). The molecule has 2 saturated heterocycles. The number of hydrogen-bond donors (Lipinski definition) is 1. The van der Waals surface area contributed by atoms with E-state index in [1.54, 1.807) is 18.2 Å². The van der Waals surface area contributed by atoms with Crippen molar-refractivity contribution in [1.29, 1.82) is 0 Å². The molecule has 2 fully saturated rings. The van der Waals surface area contributed by atoms with Crippen LogP contribution in [0.3, 0.4) is 0 Å². The number of carbonyl (C=O) groups excluding carboxylic acids is 2. The van der Waals surface area contributed by atoms with Crippen LogP contribution in [0, 0.1) is 11.8 Å². The number of Topliss-reactive ketones (excluding diaryl/α,β-unsaturated/α-hetero) is 1. The topological polar surface area (TPSA) is 67.9 Å². The molecule has 2 heterocycles. The molecule has 0 spiro atoms. The fourth-order valence-corrected chi connectivity index (χ4v) is 3.92. The number of rotatable bonds is 10. The Hall–Kier alpha value is -2.08. The SMILES string of the molecule is CCCOc1ccc(C(=O)CCC(=O)N2C[C@H]3CNC[C@H]3C2)cc1OCCC. The average Bonchev–Trinajstić information content (AvgIpc) is 3.31. The first-order valence-corrected chi connectivity index (χ1v) is 10.5. The predicted molar refractivity (Wildman–Crippen MR) is 108 cm³/mol. The molecule has 1 amide bonds. The van der Waals surface area contributed by atoms with Crippen molar-refractivity contribution in [2.45, 2.75) is 39.5 Å². The van der Waals surface area contributed by atoms with Crippen LogP contribution in [0.4, 0.5) is 0 Å². The second-order valence-electron chi connectivity index (χ2n) is 7.76. The number of amides is 1. The van der Waals surface area contributed by atoms with E-state index >= 15 is 0 Å². The smallest absolute Gasteiger partial charge is 0.223 e. The van der Waals surface area contributed by atoms with Crippen molar-refractivity contribution in [1.82, 2.24) is 10.2 Å². The second kappa shape index (κ2) is 9.92. The maximum Gasteiger partial charge on any atom is 0.223 e. The molecule has 28 heavy (non-hydrogen) atoms. The van der Waals surface area contributed by atoms with Crippen molar-refractivity contribution in [3.63, 3.8) is 0 Å². The molecule has 1 aromatic carbocycles. The fourth-order valence-electron chi connectivity index (χ4n) is 3.92. The molecule has 0 saturated carbocycles. The lowest BCUT2D eigenvalue weighted by Crippen LogP contribution is -2.32. The lowest BCUT2D eigenvalue weighted by Gasteiger charge is -2.17. The number of hydrogen-bond acceptors (Lipinski definition) is 5. The highest BCUT2D eigenvalue weighted by Gasteiger charge is 2.37. The molecular weight excluding hydrogens is 356 g/mol. The van der Waals surface area contributed by atoms with Gasteiger partial charge in [-0.1, -0.05) is 13.8 Å². The zero-order valence-corrected chi connectivity index (χ0v) is 17.0. The molecule has 154 valence electrons. The van der Waals surface area contributed by atoms with Gasteiger partial charge in [0.05, 0.1) is 13.2 Å². The highest BCUT2D eigenvalue weighted by molar-refractivity contribution is 5.98. The van der Waals surface area contributed by atoms with E-state index in [9.17, 15) is 9.59 Å². The number of nitrogens with one attached hydrogen (secondary N) is 1. The summed E-state index contributed by atoms with van der Waals surface area (Å²) in [7, 11) is 0. The normalized spacial score (nSPS) is 20.9. The monoisotopic (exact) mass is 388 g/mol. The third-order valence-corrected chi connectivity index (χ3v) is 5.50. The van der Waals surface area contributed by atoms with Gasteiger partial charge in [0.2, 0.25) is 5.91 Å². The highest BCUT2D eigenvalue weighted by atomic mass is 16.5. The number of nitrogens with zero attached hydrogens (tertiary/aromatic N) is 1. The van der Waals surface area contributed by atoms with Gasteiger partial charge in [-0.05, 0) is 42.9 Å². The summed E-state index contributed by atoms with van der Waals surface area (Å²) < 4.78 is 11.5. The van der Waals surface area contributed by atoms with Gasteiger partial charge < -0.3 is 19.7 Å². The van der Waals surface area contributed by atoms with E-state index in [1.165, 1.54) is 0 Å². The van der Waals surface area contributed by atoms with Gasteiger partial charge in [0.1, 0.15) is 0 Å². The summed E-state index contributed by atoms with van der Waals surface area (Å²) in [5.41, 5.74) is 0.574. The number of ether oxygens (including phenoxy) is 2. The minimum atomic E-state index is -0.0298. The van der Waals surface area contributed by atoms with Gasteiger partial charge in [0.15, 0.2) is 17.3 Å². The molecular formula is C22H32N2O4. The lowest BCUT2D eigenvalue weighted by molar-refractivity contribution is -0.130. The molecule has 2 aliphatic rings. The van der Waals surface area contributed by atoms with Crippen LogP contribution in [-0.4, -0.2) is 56.0 Å². The van der Waals surface area contributed by atoms with Crippen LogP contribution in [0.1, 0.15) is 49.9 Å². The molecule has 0 radical (unpaired) electrons. The second-order valence-corrected chi connectivity index (χ2v) is 7.76. The summed E-state index contributed by atoms with van der Waals surface area (Å²) in [6.45, 7) is 8.91. The Balaban J connectivity index is 1.56. The average molecular weight is 389 g/mol. The molecule has 0 bridgehead atoms. The quantitative estimate of drug-likeness (QED) is 0.624. The third-order valence-electron chi connectivity index (χ3n) is 5.50. The minimum absolute atomic E-state index is 0.0298. The van der Waals surface area contributed by atoms with Gasteiger partial charge in [0.25, 0.3) is 0 Å². The summed E-state index contributed by atoms with van der Waals surface area (Å²) >= 11 is 0. The van der Waals surface area contributed by atoms with Crippen LogP contribution in [0.5, 0.6) is 11.5 Å². The van der Waals surface area contributed by atoms with Gasteiger partial charge in [-0.15, -0.1) is 0 Å². The van der Waals surface area contributed by atoms with Crippen LogP contribution in [0.2, 0.25) is 0 Å². The van der Waals surface area contributed by atoms with E-state index in [0.717, 1.165) is 39.0 Å². The zero-order valence-electron chi connectivity index (χ0n) is 17.0. The van der Waals surface area contributed by atoms with Gasteiger partial charge in [-0.3, -0.25) is 9.59 Å². The molecule has 1 aromatic rings. The molecule has 0 aromatic heterocycles. The van der Waals surface area contributed by atoms with E-state index in [0.29, 0.717) is 42.1 Å². The summed E-state index contributed by atoms with van der Waals surface area (Å²) in [6, 6.07) is 5.31. The Morgan fingerprint density at radius 2 is 1.64 bits per heavy atom. The Labute approximate surface area is 167 Å². The number of carbonyl (C=O) groups is 2. The summed E-state index contributed by atoms with van der Waals surface area (Å²) in [5.74, 6) is 2.49. The Bertz CT molecular complexity index is 679. The van der Waals surface area contributed by atoms with Crippen molar-refractivity contribution in [3.8, 4) is 11.5 Å². The van der Waals surface area contributed by atoms with Crippen LogP contribution in [0.25, 0.3) is 0 Å². The van der Waals surface area contributed by atoms with Gasteiger partial charge in [0, 0.05) is 44.6 Å². The number of likely N-dealkylation sites (tertiary alicyclic amines) is 1. The van der Waals surface area contributed by atoms with Crippen LogP contribution in [-0.2, 0) is 4.79 Å². The summed E-state index contributed by atoms with van der Waals surface area (Å²) in [5, 5.41) is 3.38. The van der Waals surface area contributed by atoms with Gasteiger partial charge >= 0.3 is 0 Å². The highest BCUT2D eigenvalue weighted by Crippen LogP contribution is 2.30. The van der Waals surface area contributed by atoms with Crippen molar-refractivity contribution in [2.24, 2.45) is 11.8 Å². The third kappa shape index (κ3) is 5.04. The van der Waals surface area contributed by atoms with Crippen LogP contribution < -0.4 is 14.8 Å². The predicted octanol–water partition coefficient (Wildman–Crippen LogP) is 2.90.